The fraction of sp³-hybridized carbons (Fsp3) is 0.318. The lowest BCUT2D eigenvalue weighted by Gasteiger charge is -2.27. The van der Waals surface area contributed by atoms with Crippen LogP contribution in [0.15, 0.2) is 40.8 Å². The van der Waals surface area contributed by atoms with Gasteiger partial charge in [-0.15, -0.1) is 0 Å². The molecule has 2 N–H and O–H groups in total. The van der Waals surface area contributed by atoms with E-state index in [1.165, 1.54) is 0 Å². The molecule has 4 rings (SSSR count). The van der Waals surface area contributed by atoms with E-state index in [0.29, 0.717) is 47.6 Å². The van der Waals surface area contributed by atoms with Gasteiger partial charge in [-0.25, -0.2) is 0 Å². The lowest BCUT2D eigenvalue weighted by Crippen LogP contribution is -2.35. The number of nitrogens with one attached hydrogen (secondary N) is 1. The summed E-state index contributed by atoms with van der Waals surface area (Å²) in [5.41, 5.74) is 3.63. The Hall–Kier alpha value is -2.83. The van der Waals surface area contributed by atoms with E-state index < -0.39 is 0 Å². The number of fused-ring (bicyclic) bond motifs is 1. The van der Waals surface area contributed by atoms with Gasteiger partial charge in [-0.2, -0.15) is 0 Å². The number of anilines is 1. The zero-order chi connectivity index (χ0) is 19.7. The predicted octanol–water partition coefficient (Wildman–Crippen LogP) is 3.84. The smallest absolute Gasteiger partial charge is 0.259 e. The zero-order valence-electron chi connectivity index (χ0n) is 16.1. The summed E-state index contributed by atoms with van der Waals surface area (Å²) in [6.45, 7) is 7.23. The van der Waals surface area contributed by atoms with E-state index in [2.05, 4.69) is 10.2 Å². The minimum absolute atomic E-state index is 0.171. The standard InChI is InChI=1S/C22H24N2O4/c1-14-3-5-16(6-4-14)23-22(26)20-15(2)28-19-8-7-18(25)17(21(19)20)13-24-9-11-27-12-10-24/h3-8,25H,9-13H2,1-2H3,(H,23,26). The summed E-state index contributed by atoms with van der Waals surface area (Å²) in [5, 5.41) is 14.2. The average molecular weight is 380 g/mol. The van der Waals surface area contributed by atoms with E-state index in [-0.39, 0.29) is 11.7 Å². The predicted molar refractivity (Wildman–Crippen MR) is 108 cm³/mol. The third kappa shape index (κ3) is 3.61. The minimum atomic E-state index is -0.242. The molecule has 146 valence electrons. The van der Waals surface area contributed by atoms with Gasteiger partial charge in [-0.3, -0.25) is 9.69 Å². The van der Waals surface area contributed by atoms with E-state index >= 15 is 0 Å². The zero-order valence-corrected chi connectivity index (χ0v) is 16.1. The molecule has 3 aromatic rings. The summed E-state index contributed by atoms with van der Waals surface area (Å²) in [7, 11) is 0. The van der Waals surface area contributed by atoms with Gasteiger partial charge < -0.3 is 19.6 Å². The second kappa shape index (κ2) is 7.66. The van der Waals surface area contributed by atoms with Crippen molar-refractivity contribution in [3.8, 4) is 5.75 Å². The molecule has 1 aliphatic heterocycles. The molecule has 0 bridgehead atoms. The number of aryl methyl sites for hydroxylation is 2. The van der Waals surface area contributed by atoms with Gasteiger partial charge in [0.2, 0.25) is 0 Å². The van der Waals surface area contributed by atoms with Crippen molar-refractivity contribution in [3.05, 3.63) is 58.8 Å². The molecule has 1 aliphatic rings. The van der Waals surface area contributed by atoms with Gasteiger partial charge in [0.15, 0.2) is 0 Å². The number of phenolic OH excluding ortho intramolecular Hbond substituents is 1. The third-order valence-corrected chi connectivity index (χ3v) is 5.14. The third-order valence-electron chi connectivity index (χ3n) is 5.14. The highest BCUT2D eigenvalue weighted by molar-refractivity contribution is 6.14. The van der Waals surface area contributed by atoms with Gasteiger partial charge in [0.05, 0.1) is 18.8 Å². The topological polar surface area (TPSA) is 74.9 Å². The second-order valence-corrected chi connectivity index (χ2v) is 7.18. The average Bonchev–Trinajstić information content (AvgIpc) is 3.03. The minimum Gasteiger partial charge on any atom is -0.508 e. The van der Waals surface area contributed by atoms with Crippen LogP contribution in [0.2, 0.25) is 0 Å². The maximum absolute atomic E-state index is 13.1. The number of benzene rings is 2. The van der Waals surface area contributed by atoms with Crippen LogP contribution >= 0.6 is 0 Å². The summed E-state index contributed by atoms with van der Waals surface area (Å²) in [4.78, 5) is 15.3. The first-order valence-corrected chi connectivity index (χ1v) is 9.45. The van der Waals surface area contributed by atoms with Gasteiger partial charge >= 0.3 is 0 Å². The quantitative estimate of drug-likeness (QED) is 0.719. The van der Waals surface area contributed by atoms with Gasteiger partial charge in [0, 0.05) is 36.3 Å². The van der Waals surface area contributed by atoms with Crippen LogP contribution in [0.3, 0.4) is 0 Å². The number of carbonyl (C=O) groups excluding carboxylic acids is 1. The molecular formula is C22H24N2O4. The largest absolute Gasteiger partial charge is 0.508 e. The fourth-order valence-electron chi connectivity index (χ4n) is 3.61. The number of aromatic hydroxyl groups is 1. The Labute approximate surface area is 163 Å². The van der Waals surface area contributed by atoms with Gasteiger partial charge in [0.1, 0.15) is 17.1 Å². The molecule has 0 radical (unpaired) electrons. The van der Waals surface area contributed by atoms with E-state index in [1.54, 1.807) is 19.1 Å². The second-order valence-electron chi connectivity index (χ2n) is 7.18. The van der Waals surface area contributed by atoms with E-state index in [9.17, 15) is 9.90 Å². The number of furan rings is 1. The highest BCUT2D eigenvalue weighted by Crippen LogP contribution is 2.35. The van der Waals surface area contributed by atoms with Crippen molar-refractivity contribution in [2.45, 2.75) is 20.4 Å². The Morgan fingerprint density at radius 2 is 1.82 bits per heavy atom. The molecule has 1 aromatic heterocycles. The number of phenols is 1. The Kier molecular flexibility index (Phi) is 5.07. The molecule has 6 heteroatoms. The van der Waals surface area contributed by atoms with Crippen LogP contribution in [-0.2, 0) is 11.3 Å². The van der Waals surface area contributed by atoms with Crippen molar-refractivity contribution in [1.82, 2.24) is 4.90 Å². The number of nitrogens with zero attached hydrogens (tertiary/aromatic N) is 1. The molecule has 0 aliphatic carbocycles. The molecule has 2 aromatic carbocycles. The summed E-state index contributed by atoms with van der Waals surface area (Å²) in [6.07, 6.45) is 0. The van der Waals surface area contributed by atoms with Gasteiger partial charge in [-0.1, -0.05) is 17.7 Å². The highest BCUT2D eigenvalue weighted by Gasteiger charge is 2.24. The van der Waals surface area contributed by atoms with E-state index in [1.807, 2.05) is 31.2 Å². The number of hydrogen-bond acceptors (Lipinski definition) is 5. The van der Waals surface area contributed by atoms with Crippen LogP contribution in [0, 0.1) is 13.8 Å². The van der Waals surface area contributed by atoms with Crippen LogP contribution < -0.4 is 5.32 Å². The molecule has 0 atom stereocenters. The van der Waals surface area contributed by atoms with Gasteiger partial charge in [0.25, 0.3) is 5.91 Å². The maximum Gasteiger partial charge on any atom is 0.259 e. The molecule has 0 spiro atoms. The summed E-state index contributed by atoms with van der Waals surface area (Å²) < 4.78 is 11.3. The van der Waals surface area contributed by atoms with Crippen LogP contribution in [0.25, 0.3) is 11.0 Å². The van der Waals surface area contributed by atoms with Crippen LogP contribution in [0.5, 0.6) is 5.75 Å². The van der Waals surface area contributed by atoms with Crippen LogP contribution in [0.4, 0.5) is 5.69 Å². The molecule has 6 nitrogen and oxygen atoms in total. The Balaban J connectivity index is 1.72. The number of morpholine rings is 1. The summed E-state index contributed by atoms with van der Waals surface area (Å²) in [6, 6.07) is 11.0. The van der Waals surface area contributed by atoms with Crippen molar-refractivity contribution < 1.29 is 19.1 Å². The van der Waals surface area contributed by atoms with Crippen molar-refractivity contribution in [2.24, 2.45) is 0 Å². The number of amides is 1. The monoisotopic (exact) mass is 380 g/mol. The Morgan fingerprint density at radius 1 is 1.11 bits per heavy atom. The van der Waals surface area contributed by atoms with Crippen LogP contribution in [0.1, 0.15) is 27.2 Å². The molecular weight excluding hydrogens is 356 g/mol. The molecule has 28 heavy (non-hydrogen) atoms. The molecule has 1 fully saturated rings. The molecule has 2 heterocycles. The summed E-state index contributed by atoms with van der Waals surface area (Å²) in [5.74, 6) is 0.464. The highest BCUT2D eigenvalue weighted by atomic mass is 16.5. The molecule has 0 unspecified atom stereocenters. The number of ether oxygens (including phenoxy) is 1. The molecule has 0 saturated carbocycles. The first-order valence-electron chi connectivity index (χ1n) is 9.45. The van der Waals surface area contributed by atoms with Crippen molar-refractivity contribution in [2.75, 3.05) is 31.6 Å². The van der Waals surface area contributed by atoms with Crippen LogP contribution in [-0.4, -0.2) is 42.2 Å². The Morgan fingerprint density at radius 3 is 2.54 bits per heavy atom. The number of carbonyl (C=O) groups is 1. The first-order chi connectivity index (χ1) is 13.5. The number of hydrogen-bond donors (Lipinski definition) is 2. The summed E-state index contributed by atoms with van der Waals surface area (Å²) >= 11 is 0. The fourth-order valence-corrected chi connectivity index (χ4v) is 3.61. The lowest BCUT2D eigenvalue weighted by molar-refractivity contribution is 0.0340. The Bertz CT molecular complexity index is 1000. The normalized spacial score (nSPS) is 15.1. The molecule has 1 amide bonds. The van der Waals surface area contributed by atoms with Crippen molar-refractivity contribution in [1.29, 1.82) is 0 Å². The first kappa shape index (κ1) is 18.5. The molecule has 1 saturated heterocycles. The maximum atomic E-state index is 13.1. The van der Waals surface area contributed by atoms with E-state index in [4.69, 9.17) is 9.15 Å². The lowest BCUT2D eigenvalue weighted by atomic mass is 10.0. The van der Waals surface area contributed by atoms with E-state index in [0.717, 1.165) is 24.3 Å². The SMILES string of the molecule is Cc1ccc(NC(=O)c2c(C)oc3ccc(O)c(CN4CCOCC4)c23)cc1. The number of rotatable bonds is 4. The van der Waals surface area contributed by atoms with Crippen molar-refractivity contribution >= 4 is 22.6 Å². The van der Waals surface area contributed by atoms with Crippen molar-refractivity contribution in [3.63, 3.8) is 0 Å². The van der Waals surface area contributed by atoms with Gasteiger partial charge in [-0.05, 0) is 38.1 Å².